The van der Waals surface area contributed by atoms with E-state index in [0.717, 1.165) is 36.8 Å². The van der Waals surface area contributed by atoms with Crippen LogP contribution in [0.4, 0.5) is 0 Å². The van der Waals surface area contributed by atoms with E-state index in [4.69, 9.17) is 16.3 Å². The summed E-state index contributed by atoms with van der Waals surface area (Å²) in [7, 11) is 0. The van der Waals surface area contributed by atoms with Crippen LogP contribution in [0.15, 0.2) is 18.2 Å². The monoisotopic (exact) mass is 349 g/mol. The van der Waals surface area contributed by atoms with Crippen molar-refractivity contribution in [3.8, 4) is 0 Å². The van der Waals surface area contributed by atoms with Gasteiger partial charge in [0.25, 0.3) is 0 Å². The standard InChI is InChI=1S/C19H24ClNO3/c1-12-10-13(20)2-3-14(12)18(4-5-18)17(23)21-15-11-16(22)19(15)6-8-24-9-7-19/h2-3,10,15-16,22H,4-9,11H2,1H3,(H,21,23)/t15-,16-/m1/s1. The van der Waals surface area contributed by atoms with Gasteiger partial charge in [-0.25, -0.2) is 0 Å². The Labute approximate surface area is 147 Å². The van der Waals surface area contributed by atoms with Gasteiger partial charge in [-0.15, -0.1) is 0 Å². The first-order chi connectivity index (χ1) is 11.5. The predicted octanol–water partition coefficient (Wildman–Crippen LogP) is 2.73. The van der Waals surface area contributed by atoms with Gasteiger partial charge in [-0.2, -0.15) is 0 Å². The van der Waals surface area contributed by atoms with Crippen molar-refractivity contribution < 1.29 is 14.6 Å². The van der Waals surface area contributed by atoms with Crippen molar-refractivity contribution in [2.45, 2.75) is 56.6 Å². The fourth-order valence-electron chi connectivity index (χ4n) is 4.60. The van der Waals surface area contributed by atoms with E-state index in [1.165, 1.54) is 0 Å². The van der Waals surface area contributed by atoms with Gasteiger partial charge < -0.3 is 15.2 Å². The summed E-state index contributed by atoms with van der Waals surface area (Å²) in [5, 5.41) is 14.3. The summed E-state index contributed by atoms with van der Waals surface area (Å²) >= 11 is 6.06. The molecule has 1 spiro atoms. The van der Waals surface area contributed by atoms with Crippen LogP contribution in [0.5, 0.6) is 0 Å². The minimum Gasteiger partial charge on any atom is -0.392 e. The van der Waals surface area contributed by atoms with Crippen LogP contribution in [0.25, 0.3) is 0 Å². The van der Waals surface area contributed by atoms with Gasteiger partial charge in [-0.3, -0.25) is 4.79 Å². The van der Waals surface area contributed by atoms with Gasteiger partial charge in [0, 0.05) is 29.7 Å². The normalized spacial score (nSPS) is 29.8. The number of hydrogen-bond donors (Lipinski definition) is 2. The Morgan fingerprint density at radius 2 is 2.00 bits per heavy atom. The van der Waals surface area contributed by atoms with Gasteiger partial charge in [-0.05, 0) is 62.3 Å². The fourth-order valence-corrected chi connectivity index (χ4v) is 4.83. The fraction of sp³-hybridized carbons (Fsp3) is 0.632. The van der Waals surface area contributed by atoms with Gasteiger partial charge >= 0.3 is 0 Å². The molecule has 0 unspecified atom stereocenters. The summed E-state index contributed by atoms with van der Waals surface area (Å²) in [5.74, 6) is 0.107. The largest absolute Gasteiger partial charge is 0.392 e. The maximum absolute atomic E-state index is 13.0. The summed E-state index contributed by atoms with van der Waals surface area (Å²) in [4.78, 5) is 13.0. The molecule has 1 amide bonds. The molecule has 2 aliphatic carbocycles. The maximum Gasteiger partial charge on any atom is 0.230 e. The van der Waals surface area contributed by atoms with Crippen molar-refractivity contribution in [3.63, 3.8) is 0 Å². The topological polar surface area (TPSA) is 58.6 Å². The lowest BCUT2D eigenvalue weighted by Crippen LogP contribution is -2.66. The molecule has 2 N–H and O–H groups in total. The Bertz CT molecular complexity index is 665. The minimum atomic E-state index is -0.401. The number of aryl methyl sites for hydroxylation is 1. The van der Waals surface area contributed by atoms with E-state index in [0.29, 0.717) is 24.7 Å². The van der Waals surface area contributed by atoms with Crippen molar-refractivity contribution in [2.75, 3.05) is 13.2 Å². The van der Waals surface area contributed by atoms with Crippen molar-refractivity contribution in [2.24, 2.45) is 5.41 Å². The third-order valence-corrected chi connectivity index (χ3v) is 6.67. The van der Waals surface area contributed by atoms with Crippen molar-refractivity contribution in [1.82, 2.24) is 5.32 Å². The van der Waals surface area contributed by atoms with Crippen LogP contribution >= 0.6 is 11.6 Å². The Hall–Kier alpha value is -1.10. The lowest BCUT2D eigenvalue weighted by atomic mass is 9.57. The smallest absolute Gasteiger partial charge is 0.230 e. The molecule has 2 saturated carbocycles. The van der Waals surface area contributed by atoms with Crippen LogP contribution in [0.2, 0.25) is 5.02 Å². The third-order valence-electron chi connectivity index (χ3n) is 6.43. The van der Waals surface area contributed by atoms with E-state index in [1.807, 2.05) is 25.1 Å². The van der Waals surface area contributed by atoms with Crippen LogP contribution in [0.1, 0.15) is 43.2 Å². The van der Waals surface area contributed by atoms with Crippen molar-refractivity contribution in [1.29, 1.82) is 0 Å². The van der Waals surface area contributed by atoms with E-state index in [9.17, 15) is 9.90 Å². The molecule has 4 rings (SSSR count). The molecular formula is C19H24ClNO3. The van der Waals surface area contributed by atoms with Crippen LogP contribution in [0, 0.1) is 12.3 Å². The number of benzene rings is 1. The van der Waals surface area contributed by atoms with Crippen LogP contribution in [-0.4, -0.2) is 36.4 Å². The van der Waals surface area contributed by atoms with E-state index in [1.54, 1.807) is 0 Å². The molecule has 3 fully saturated rings. The second-order valence-corrected chi connectivity index (χ2v) is 8.10. The minimum absolute atomic E-state index is 0.0639. The summed E-state index contributed by atoms with van der Waals surface area (Å²) in [6.45, 7) is 3.36. The summed E-state index contributed by atoms with van der Waals surface area (Å²) in [5.41, 5.74) is 1.58. The average Bonchev–Trinajstić information content (AvgIpc) is 3.37. The second kappa shape index (κ2) is 5.72. The zero-order chi connectivity index (χ0) is 16.9. The average molecular weight is 350 g/mol. The first-order valence-corrected chi connectivity index (χ1v) is 9.19. The number of hydrogen-bond acceptors (Lipinski definition) is 3. The predicted molar refractivity (Wildman–Crippen MR) is 92.1 cm³/mol. The highest BCUT2D eigenvalue weighted by Crippen LogP contribution is 2.52. The summed E-state index contributed by atoms with van der Waals surface area (Å²) < 4.78 is 5.44. The molecule has 4 nitrogen and oxygen atoms in total. The Kier molecular flexibility index (Phi) is 3.90. The first-order valence-electron chi connectivity index (χ1n) is 8.81. The Balaban J connectivity index is 1.52. The van der Waals surface area contributed by atoms with Gasteiger partial charge in [-0.1, -0.05) is 17.7 Å². The Morgan fingerprint density at radius 3 is 2.58 bits per heavy atom. The van der Waals surface area contributed by atoms with E-state index in [2.05, 4.69) is 5.32 Å². The number of rotatable bonds is 3. The number of halogens is 1. The lowest BCUT2D eigenvalue weighted by Gasteiger charge is -2.55. The van der Waals surface area contributed by atoms with E-state index >= 15 is 0 Å². The van der Waals surface area contributed by atoms with Gasteiger partial charge in [0.2, 0.25) is 5.91 Å². The number of carbonyl (C=O) groups excluding carboxylic acids is 1. The Morgan fingerprint density at radius 1 is 1.29 bits per heavy atom. The third kappa shape index (κ3) is 2.39. The molecule has 0 aromatic heterocycles. The van der Waals surface area contributed by atoms with Gasteiger partial charge in [0.1, 0.15) is 0 Å². The van der Waals surface area contributed by atoms with Crippen LogP contribution in [0.3, 0.4) is 0 Å². The molecule has 24 heavy (non-hydrogen) atoms. The molecule has 1 aliphatic heterocycles. The summed E-state index contributed by atoms with van der Waals surface area (Å²) in [6.07, 6.45) is 3.75. The number of ether oxygens (including phenoxy) is 1. The number of carbonyl (C=O) groups is 1. The second-order valence-electron chi connectivity index (χ2n) is 7.66. The molecule has 1 aromatic carbocycles. The molecule has 130 valence electrons. The highest BCUT2D eigenvalue weighted by molar-refractivity contribution is 6.30. The first kappa shape index (κ1) is 16.4. The highest BCUT2D eigenvalue weighted by Gasteiger charge is 2.58. The van der Waals surface area contributed by atoms with E-state index in [-0.39, 0.29) is 23.5 Å². The van der Waals surface area contributed by atoms with Gasteiger partial charge in [0.05, 0.1) is 11.5 Å². The zero-order valence-electron chi connectivity index (χ0n) is 14.0. The van der Waals surface area contributed by atoms with Crippen LogP contribution in [-0.2, 0) is 14.9 Å². The molecule has 0 radical (unpaired) electrons. The molecule has 0 bridgehead atoms. The van der Waals surface area contributed by atoms with Crippen molar-refractivity contribution >= 4 is 17.5 Å². The molecule has 3 aliphatic rings. The molecule has 1 saturated heterocycles. The maximum atomic E-state index is 13.0. The van der Waals surface area contributed by atoms with E-state index < -0.39 is 5.41 Å². The highest BCUT2D eigenvalue weighted by atomic mass is 35.5. The number of aliphatic hydroxyl groups is 1. The number of amides is 1. The van der Waals surface area contributed by atoms with Crippen LogP contribution < -0.4 is 5.32 Å². The molecular weight excluding hydrogens is 326 g/mol. The number of aliphatic hydroxyl groups excluding tert-OH is 1. The molecule has 1 aromatic rings. The molecule has 2 atom stereocenters. The van der Waals surface area contributed by atoms with Gasteiger partial charge in [0.15, 0.2) is 0 Å². The van der Waals surface area contributed by atoms with Crippen molar-refractivity contribution in [3.05, 3.63) is 34.3 Å². The number of nitrogens with one attached hydrogen (secondary N) is 1. The zero-order valence-corrected chi connectivity index (χ0v) is 14.7. The SMILES string of the molecule is Cc1cc(Cl)ccc1C1(C(=O)N[C@@H]2C[C@@H](O)C23CCOCC3)CC1. The summed E-state index contributed by atoms with van der Waals surface area (Å²) in [6, 6.07) is 5.85. The quantitative estimate of drug-likeness (QED) is 0.882. The molecule has 1 heterocycles. The molecule has 5 heteroatoms. The lowest BCUT2D eigenvalue weighted by molar-refractivity contribution is -0.157.